The molecule has 1 amide bonds. The smallest absolute Gasteiger partial charge is 0.305 e. The Hall–Kier alpha value is -1.14. The van der Waals surface area contributed by atoms with Gasteiger partial charge in [-0.15, -0.1) is 0 Å². The minimum atomic E-state index is -0.858. The lowest BCUT2D eigenvalue weighted by Crippen LogP contribution is -2.51. The number of morpholine rings is 1. The summed E-state index contributed by atoms with van der Waals surface area (Å²) in [7, 11) is 0. The maximum absolute atomic E-state index is 12.0. The number of nitrogens with zero attached hydrogens (tertiary/aromatic N) is 1. The fraction of sp³-hybridized carbons (Fsp3) is 0.867. The molecule has 2 unspecified atom stereocenters. The van der Waals surface area contributed by atoms with E-state index in [1.807, 2.05) is 11.8 Å². The van der Waals surface area contributed by atoms with Gasteiger partial charge >= 0.3 is 5.97 Å². The highest BCUT2D eigenvalue weighted by molar-refractivity contribution is 5.78. The van der Waals surface area contributed by atoms with Crippen LogP contribution in [0.2, 0.25) is 0 Å². The number of amides is 1. The molecule has 6 heteroatoms. The van der Waals surface area contributed by atoms with E-state index in [0.717, 1.165) is 12.8 Å². The summed E-state index contributed by atoms with van der Waals surface area (Å²) in [5.41, 5.74) is 0. The van der Waals surface area contributed by atoms with Crippen molar-refractivity contribution in [2.24, 2.45) is 0 Å². The zero-order chi connectivity index (χ0) is 15.7. The van der Waals surface area contributed by atoms with Gasteiger partial charge < -0.3 is 15.2 Å². The number of ether oxygens (including phenoxy) is 1. The van der Waals surface area contributed by atoms with Crippen molar-refractivity contribution in [1.82, 2.24) is 10.2 Å². The van der Waals surface area contributed by atoms with Crippen LogP contribution in [-0.2, 0) is 14.3 Å². The normalized spacial score (nSPS) is 21.0. The van der Waals surface area contributed by atoms with E-state index >= 15 is 0 Å². The Balaban J connectivity index is 2.35. The molecule has 21 heavy (non-hydrogen) atoms. The van der Waals surface area contributed by atoms with E-state index in [4.69, 9.17) is 9.84 Å². The number of hydrogen-bond donors (Lipinski definition) is 2. The lowest BCUT2D eigenvalue weighted by Gasteiger charge is -2.34. The fourth-order valence-corrected chi connectivity index (χ4v) is 2.56. The molecular weight excluding hydrogens is 272 g/mol. The average Bonchev–Trinajstić information content (AvgIpc) is 2.40. The lowest BCUT2D eigenvalue weighted by atomic mass is 10.1. The number of carboxylic acid groups (broad SMARTS) is 1. The third kappa shape index (κ3) is 7.43. The van der Waals surface area contributed by atoms with E-state index in [9.17, 15) is 9.59 Å². The van der Waals surface area contributed by atoms with E-state index in [-0.39, 0.29) is 31.0 Å². The molecule has 0 bridgehead atoms. The van der Waals surface area contributed by atoms with Crippen LogP contribution in [0.25, 0.3) is 0 Å². The van der Waals surface area contributed by atoms with Crippen LogP contribution in [0.5, 0.6) is 0 Å². The first-order chi connectivity index (χ1) is 10.0. The first-order valence-electron chi connectivity index (χ1n) is 7.85. The molecule has 0 radical (unpaired) electrons. The van der Waals surface area contributed by atoms with Crippen molar-refractivity contribution in [3.8, 4) is 0 Å². The first-order valence-corrected chi connectivity index (χ1v) is 7.85. The van der Waals surface area contributed by atoms with Crippen LogP contribution in [0.4, 0.5) is 0 Å². The van der Waals surface area contributed by atoms with Crippen LogP contribution >= 0.6 is 0 Å². The first kappa shape index (κ1) is 17.9. The number of carbonyl (C=O) groups is 2. The fourth-order valence-electron chi connectivity index (χ4n) is 2.56. The van der Waals surface area contributed by atoms with Gasteiger partial charge in [0.2, 0.25) is 5.91 Å². The molecule has 1 aliphatic rings. The Morgan fingerprint density at radius 3 is 2.86 bits per heavy atom. The van der Waals surface area contributed by atoms with Crippen molar-refractivity contribution >= 4 is 11.9 Å². The highest BCUT2D eigenvalue weighted by atomic mass is 16.5. The molecule has 1 saturated heterocycles. The molecule has 0 aromatic heterocycles. The molecule has 122 valence electrons. The van der Waals surface area contributed by atoms with E-state index in [1.165, 1.54) is 12.8 Å². The molecular formula is C15H28N2O4. The van der Waals surface area contributed by atoms with Gasteiger partial charge in [0.25, 0.3) is 0 Å². The van der Waals surface area contributed by atoms with E-state index < -0.39 is 5.97 Å². The minimum Gasteiger partial charge on any atom is -0.481 e. The van der Waals surface area contributed by atoms with Gasteiger partial charge in [0.1, 0.15) is 0 Å². The molecule has 6 nitrogen and oxygen atoms in total. The number of unbranched alkanes of at least 4 members (excludes halogenated alkanes) is 2. The van der Waals surface area contributed by atoms with Gasteiger partial charge in [-0.1, -0.05) is 26.2 Å². The molecule has 1 aliphatic heterocycles. The second kappa shape index (κ2) is 9.73. The van der Waals surface area contributed by atoms with Crippen LogP contribution in [0.15, 0.2) is 0 Å². The summed E-state index contributed by atoms with van der Waals surface area (Å²) >= 11 is 0. The van der Waals surface area contributed by atoms with Gasteiger partial charge in [-0.25, -0.2) is 0 Å². The van der Waals surface area contributed by atoms with Crippen LogP contribution in [0.1, 0.15) is 46.0 Å². The maximum atomic E-state index is 12.0. The third-order valence-electron chi connectivity index (χ3n) is 3.75. The molecule has 0 saturated carbocycles. The van der Waals surface area contributed by atoms with Gasteiger partial charge in [-0.2, -0.15) is 0 Å². The molecule has 2 N–H and O–H groups in total. The summed E-state index contributed by atoms with van der Waals surface area (Å²) in [6.45, 7) is 5.96. The highest BCUT2D eigenvalue weighted by Crippen LogP contribution is 2.10. The van der Waals surface area contributed by atoms with Crippen molar-refractivity contribution in [1.29, 1.82) is 0 Å². The topological polar surface area (TPSA) is 78.9 Å². The maximum Gasteiger partial charge on any atom is 0.305 e. The third-order valence-corrected chi connectivity index (χ3v) is 3.75. The lowest BCUT2D eigenvalue weighted by molar-refractivity contribution is -0.141. The van der Waals surface area contributed by atoms with Crippen molar-refractivity contribution in [3.05, 3.63) is 0 Å². The van der Waals surface area contributed by atoms with Crippen LogP contribution in [0.3, 0.4) is 0 Å². The van der Waals surface area contributed by atoms with Crippen molar-refractivity contribution < 1.29 is 19.4 Å². The summed E-state index contributed by atoms with van der Waals surface area (Å²) in [4.78, 5) is 24.8. The summed E-state index contributed by atoms with van der Waals surface area (Å²) in [6.07, 6.45) is 4.48. The number of carbonyl (C=O) groups excluding carboxylic acids is 1. The van der Waals surface area contributed by atoms with Crippen molar-refractivity contribution in [2.45, 2.75) is 58.0 Å². The zero-order valence-corrected chi connectivity index (χ0v) is 13.1. The van der Waals surface area contributed by atoms with Gasteiger partial charge in [0.15, 0.2) is 0 Å². The zero-order valence-electron chi connectivity index (χ0n) is 13.1. The SMILES string of the molecule is CCCCCC(C)NC(=O)CN1CCOCC1CC(=O)O. The summed E-state index contributed by atoms with van der Waals surface area (Å²) in [5.74, 6) is -0.889. The minimum absolute atomic E-state index is 0.0132. The Morgan fingerprint density at radius 2 is 2.19 bits per heavy atom. The van der Waals surface area contributed by atoms with Crippen molar-refractivity contribution in [2.75, 3.05) is 26.3 Å². The second-order valence-corrected chi connectivity index (χ2v) is 5.76. The molecule has 1 fully saturated rings. The summed E-state index contributed by atoms with van der Waals surface area (Å²) < 4.78 is 5.30. The van der Waals surface area contributed by atoms with Gasteiger partial charge in [0.05, 0.1) is 26.2 Å². The largest absolute Gasteiger partial charge is 0.481 e. The summed E-state index contributed by atoms with van der Waals surface area (Å²) in [6, 6.07) is -0.0413. The van der Waals surface area contributed by atoms with Gasteiger partial charge in [0, 0.05) is 18.6 Å². The van der Waals surface area contributed by atoms with E-state index in [2.05, 4.69) is 12.2 Å². The highest BCUT2D eigenvalue weighted by Gasteiger charge is 2.27. The van der Waals surface area contributed by atoms with E-state index in [0.29, 0.717) is 19.8 Å². The number of rotatable bonds is 9. The monoisotopic (exact) mass is 300 g/mol. The Labute approximate surface area is 126 Å². The predicted octanol–water partition coefficient (Wildman–Crippen LogP) is 1.25. The Kier molecular flexibility index (Phi) is 8.30. The summed E-state index contributed by atoms with van der Waals surface area (Å²) in [5, 5.41) is 11.9. The molecule has 0 aromatic rings. The van der Waals surface area contributed by atoms with Gasteiger partial charge in [-0.05, 0) is 13.3 Å². The van der Waals surface area contributed by atoms with Gasteiger partial charge in [-0.3, -0.25) is 14.5 Å². The van der Waals surface area contributed by atoms with E-state index in [1.54, 1.807) is 0 Å². The molecule has 2 atom stereocenters. The quantitative estimate of drug-likeness (QED) is 0.627. The molecule has 1 heterocycles. The number of hydrogen-bond acceptors (Lipinski definition) is 4. The number of aliphatic carboxylic acids is 1. The second-order valence-electron chi connectivity index (χ2n) is 5.76. The molecule has 0 aromatic carbocycles. The van der Waals surface area contributed by atoms with Crippen LogP contribution in [0, 0.1) is 0 Å². The molecule has 1 rings (SSSR count). The van der Waals surface area contributed by atoms with Crippen molar-refractivity contribution in [3.63, 3.8) is 0 Å². The Morgan fingerprint density at radius 1 is 1.43 bits per heavy atom. The van der Waals surface area contributed by atoms with Crippen LogP contribution < -0.4 is 5.32 Å². The standard InChI is InChI=1S/C15H28N2O4/c1-3-4-5-6-12(2)16-14(18)10-17-7-8-21-11-13(17)9-15(19)20/h12-13H,3-11H2,1-2H3,(H,16,18)(H,19,20). The van der Waals surface area contributed by atoms with Crippen LogP contribution in [-0.4, -0.2) is 60.3 Å². The number of carboxylic acids is 1. The predicted molar refractivity (Wildman–Crippen MR) is 80.2 cm³/mol. The number of nitrogens with one attached hydrogen (secondary N) is 1. The molecule has 0 aliphatic carbocycles. The molecule has 0 spiro atoms. The average molecular weight is 300 g/mol. The Bertz CT molecular complexity index is 336.